The molecule has 0 N–H and O–H groups in total. The molecule has 4 nitrogen and oxygen atoms in total. The average molecular weight is 416 g/mol. The van der Waals surface area contributed by atoms with Crippen LogP contribution in [0.2, 0.25) is 0 Å². The van der Waals surface area contributed by atoms with Crippen molar-refractivity contribution in [1.29, 1.82) is 0 Å². The molecule has 158 valence electrons. The second-order valence-corrected chi connectivity index (χ2v) is 8.03. The highest BCUT2D eigenvalue weighted by Gasteiger charge is 2.34. The van der Waals surface area contributed by atoms with Gasteiger partial charge in [0.1, 0.15) is 5.82 Å². The molecule has 0 saturated carbocycles. The van der Waals surface area contributed by atoms with Crippen LogP contribution in [0, 0.1) is 12.7 Å². The summed E-state index contributed by atoms with van der Waals surface area (Å²) in [5.74, 6) is -0.336. The molecule has 5 heteroatoms. The van der Waals surface area contributed by atoms with Crippen molar-refractivity contribution < 1.29 is 9.18 Å². The zero-order valence-electron chi connectivity index (χ0n) is 17.8. The first-order chi connectivity index (χ1) is 15.0. The van der Waals surface area contributed by atoms with Gasteiger partial charge in [0.05, 0.1) is 18.3 Å². The molecule has 4 rings (SSSR count). The lowest BCUT2D eigenvalue weighted by atomic mass is 9.95. The molecule has 0 unspecified atom stereocenters. The number of nitrogens with zero attached hydrogens (tertiary/aromatic N) is 3. The molecule has 1 amide bonds. The summed E-state index contributed by atoms with van der Waals surface area (Å²) in [7, 11) is 1.94. The van der Waals surface area contributed by atoms with Crippen LogP contribution in [0.25, 0.3) is 0 Å². The smallest absolute Gasteiger partial charge is 0.257 e. The highest BCUT2D eigenvalue weighted by molar-refractivity contribution is 6.03. The molecule has 0 saturated heterocycles. The molecule has 31 heavy (non-hydrogen) atoms. The zero-order chi connectivity index (χ0) is 21.8. The zero-order valence-corrected chi connectivity index (χ0v) is 17.8. The first kappa shape index (κ1) is 20.9. The third kappa shape index (κ3) is 4.89. The van der Waals surface area contributed by atoms with E-state index in [2.05, 4.69) is 31.2 Å². The molecule has 0 aromatic heterocycles. The predicted octanol–water partition coefficient (Wildman–Crippen LogP) is 4.94. The van der Waals surface area contributed by atoms with Crippen LogP contribution < -0.4 is 0 Å². The molecule has 3 aromatic carbocycles. The number of carbonyl (C=O) groups excluding carboxylic acids is 1. The van der Waals surface area contributed by atoms with E-state index in [4.69, 9.17) is 5.10 Å². The maximum Gasteiger partial charge on any atom is 0.257 e. The van der Waals surface area contributed by atoms with Crippen molar-refractivity contribution in [1.82, 2.24) is 9.91 Å². The van der Waals surface area contributed by atoms with Crippen molar-refractivity contribution in [3.63, 3.8) is 0 Å². The number of hydrogen-bond acceptors (Lipinski definition) is 3. The van der Waals surface area contributed by atoms with E-state index >= 15 is 0 Å². The summed E-state index contributed by atoms with van der Waals surface area (Å²) in [5, 5.41) is 6.31. The number of aryl methyl sites for hydroxylation is 1. The Hall–Kier alpha value is -3.31. The van der Waals surface area contributed by atoms with E-state index < -0.39 is 0 Å². The summed E-state index contributed by atoms with van der Waals surface area (Å²) >= 11 is 0. The third-order valence-corrected chi connectivity index (χ3v) is 5.59. The van der Waals surface area contributed by atoms with Gasteiger partial charge in [-0.15, -0.1) is 0 Å². The van der Waals surface area contributed by atoms with Crippen LogP contribution in [-0.4, -0.2) is 35.1 Å². The van der Waals surface area contributed by atoms with Gasteiger partial charge in [0.2, 0.25) is 0 Å². The Labute approximate surface area is 182 Å². The van der Waals surface area contributed by atoms with Crippen LogP contribution in [-0.2, 0) is 11.3 Å². The normalized spacial score (nSPS) is 15.9. The fourth-order valence-electron chi connectivity index (χ4n) is 4.01. The quantitative estimate of drug-likeness (QED) is 0.571. The van der Waals surface area contributed by atoms with Gasteiger partial charge in [-0.05, 0) is 48.4 Å². The Morgan fingerprint density at radius 2 is 1.71 bits per heavy atom. The summed E-state index contributed by atoms with van der Waals surface area (Å²) in [5.41, 5.74) is 5.01. The lowest BCUT2D eigenvalue weighted by molar-refractivity contribution is -0.134. The van der Waals surface area contributed by atoms with Gasteiger partial charge >= 0.3 is 0 Å². The molecule has 0 aliphatic carbocycles. The van der Waals surface area contributed by atoms with Crippen LogP contribution in [0.4, 0.5) is 4.39 Å². The van der Waals surface area contributed by atoms with Gasteiger partial charge in [0.25, 0.3) is 5.91 Å². The minimum Gasteiger partial charge on any atom is -0.293 e. The minimum atomic E-state index is -0.284. The van der Waals surface area contributed by atoms with Gasteiger partial charge < -0.3 is 0 Å². The Bertz CT molecular complexity index is 1080. The molecule has 1 atom stereocenters. The third-order valence-electron chi connectivity index (χ3n) is 5.59. The first-order valence-corrected chi connectivity index (χ1v) is 10.4. The van der Waals surface area contributed by atoms with Crippen LogP contribution in [0.3, 0.4) is 0 Å². The summed E-state index contributed by atoms with van der Waals surface area (Å²) in [6.45, 7) is 3.00. The van der Waals surface area contributed by atoms with Gasteiger partial charge in [0, 0.05) is 13.0 Å². The fraction of sp³-hybridized carbons (Fsp3) is 0.231. The number of benzene rings is 3. The molecule has 0 spiro atoms. The molecular weight excluding hydrogens is 389 g/mol. The number of rotatable bonds is 6. The second-order valence-electron chi connectivity index (χ2n) is 8.03. The number of amides is 1. The SMILES string of the molecule is Cc1ccccc1[C@H]1CC(c2ccc(F)cc2)=NN1C(=O)CN(C)Cc1ccccc1. The van der Waals surface area contributed by atoms with Crippen molar-refractivity contribution in [2.45, 2.75) is 25.9 Å². The van der Waals surface area contributed by atoms with Gasteiger partial charge in [-0.2, -0.15) is 5.10 Å². The molecule has 0 radical (unpaired) electrons. The number of hydrazone groups is 1. The van der Waals surface area contributed by atoms with Crippen molar-refractivity contribution >= 4 is 11.6 Å². The number of likely N-dealkylation sites (N-methyl/N-ethyl adjacent to an activating group) is 1. The van der Waals surface area contributed by atoms with Gasteiger partial charge in [-0.1, -0.05) is 66.7 Å². The largest absolute Gasteiger partial charge is 0.293 e. The highest BCUT2D eigenvalue weighted by Crippen LogP contribution is 2.34. The van der Waals surface area contributed by atoms with E-state index in [1.165, 1.54) is 12.1 Å². The summed E-state index contributed by atoms with van der Waals surface area (Å²) in [6, 6.07) is 24.3. The predicted molar refractivity (Wildman–Crippen MR) is 121 cm³/mol. The highest BCUT2D eigenvalue weighted by atomic mass is 19.1. The topological polar surface area (TPSA) is 35.9 Å². The Morgan fingerprint density at radius 1 is 1.03 bits per heavy atom. The van der Waals surface area contributed by atoms with Crippen LogP contribution in [0.1, 0.15) is 34.7 Å². The lowest BCUT2D eigenvalue weighted by Gasteiger charge is -2.25. The van der Waals surface area contributed by atoms with Crippen molar-refractivity contribution in [2.75, 3.05) is 13.6 Å². The van der Waals surface area contributed by atoms with Gasteiger partial charge in [-0.25, -0.2) is 9.40 Å². The van der Waals surface area contributed by atoms with Crippen LogP contribution >= 0.6 is 0 Å². The Kier molecular flexibility index (Phi) is 6.23. The lowest BCUT2D eigenvalue weighted by Crippen LogP contribution is -2.36. The summed E-state index contributed by atoms with van der Waals surface area (Å²) < 4.78 is 13.4. The maximum atomic E-state index is 13.4. The van der Waals surface area contributed by atoms with Crippen molar-refractivity contribution in [2.24, 2.45) is 5.10 Å². The molecule has 1 aliphatic rings. The molecule has 0 fully saturated rings. The number of hydrogen-bond donors (Lipinski definition) is 0. The monoisotopic (exact) mass is 415 g/mol. The van der Waals surface area contributed by atoms with Crippen LogP contribution in [0.15, 0.2) is 84.0 Å². The van der Waals surface area contributed by atoms with E-state index in [-0.39, 0.29) is 24.3 Å². The molecule has 1 heterocycles. The molecule has 0 bridgehead atoms. The summed E-state index contributed by atoms with van der Waals surface area (Å²) in [4.78, 5) is 15.3. The van der Waals surface area contributed by atoms with Crippen LogP contribution in [0.5, 0.6) is 0 Å². The second kappa shape index (κ2) is 9.23. The van der Waals surface area contributed by atoms with E-state index in [0.717, 1.165) is 28.0 Å². The van der Waals surface area contributed by atoms with Gasteiger partial charge in [0.15, 0.2) is 0 Å². The standard InChI is InChI=1S/C26H26FN3O/c1-19-8-6-7-11-23(19)25-16-24(21-12-14-22(27)15-13-21)28-30(25)26(31)18-29(2)17-20-9-4-3-5-10-20/h3-15,25H,16-18H2,1-2H3/t25-/m1/s1. The summed E-state index contributed by atoms with van der Waals surface area (Å²) in [6.07, 6.45) is 0.602. The van der Waals surface area contributed by atoms with Gasteiger partial charge in [-0.3, -0.25) is 9.69 Å². The Balaban J connectivity index is 1.57. The van der Waals surface area contributed by atoms with E-state index in [1.54, 1.807) is 17.1 Å². The van der Waals surface area contributed by atoms with E-state index in [0.29, 0.717) is 13.0 Å². The van der Waals surface area contributed by atoms with Crippen molar-refractivity contribution in [3.8, 4) is 0 Å². The first-order valence-electron chi connectivity index (χ1n) is 10.4. The Morgan fingerprint density at radius 3 is 2.42 bits per heavy atom. The maximum absolute atomic E-state index is 13.4. The molecular formula is C26H26FN3O. The number of halogens is 1. The van der Waals surface area contributed by atoms with E-state index in [1.807, 2.05) is 42.3 Å². The fourth-order valence-corrected chi connectivity index (χ4v) is 4.01. The minimum absolute atomic E-state index is 0.0520. The van der Waals surface area contributed by atoms with E-state index in [9.17, 15) is 9.18 Å². The number of carbonyl (C=O) groups is 1. The molecule has 1 aliphatic heterocycles. The average Bonchev–Trinajstić information content (AvgIpc) is 3.20. The molecule has 3 aromatic rings. The van der Waals surface area contributed by atoms with Crippen molar-refractivity contribution in [3.05, 3.63) is 107 Å².